The average Bonchev–Trinajstić information content (AvgIpc) is 3.55. The second kappa shape index (κ2) is 6.49. The molecule has 2 aromatic carbocycles. The third-order valence-corrected chi connectivity index (χ3v) is 6.75. The van der Waals surface area contributed by atoms with E-state index in [1.807, 2.05) is 28.8 Å². The van der Waals surface area contributed by atoms with Gasteiger partial charge in [-0.05, 0) is 53.5 Å². The molecule has 1 saturated carbocycles. The van der Waals surface area contributed by atoms with Crippen LogP contribution in [0.3, 0.4) is 0 Å². The van der Waals surface area contributed by atoms with E-state index >= 15 is 4.39 Å². The lowest BCUT2D eigenvalue weighted by Crippen LogP contribution is -2.16. The van der Waals surface area contributed by atoms with Crippen LogP contribution in [-0.4, -0.2) is 21.0 Å². The fraction of sp³-hybridized carbons (Fsp3) is 0.174. The zero-order chi connectivity index (χ0) is 21.3. The highest BCUT2D eigenvalue weighted by Gasteiger charge is 2.31. The highest BCUT2D eigenvalue weighted by molar-refractivity contribution is 7.12. The van der Waals surface area contributed by atoms with Gasteiger partial charge in [0.1, 0.15) is 16.0 Å². The van der Waals surface area contributed by atoms with Gasteiger partial charge in [-0.25, -0.2) is 4.39 Å². The number of aromatic nitrogens is 3. The van der Waals surface area contributed by atoms with E-state index in [9.17, 15) is 9.59 Å². The van der Waals surface area contributed by atoms with Crippen LogP contribution in [0.2, 0.25) is 0 Å². The van der Waals surface area contributed by atoms with Gasteiger partial charge in [-0.1, -0.05) is 12.1 Å². The zero-order valence-corrected chi connectivity index (χ0v) is 17.3. The average molecular weight is 433 g/mol. The summed E-state index contributed by atoms with van der Waals surface area (Å²) in [6.07, 6.45) is 5.30. The van der Waals surface area contributed by atoms with Gasteiger partial charge in [-0.3, -0.25) is 18.9 Å². The van der Waals surface area contributed by atoms with Crippen molar-refractivity contribution in [2.24, 2.45) is 0 Å². The van der Waals surface area contributed by atoms with Crippen molar-refractivity contribution in [2.75, 3.05) is 7.11 Å². The Bertz CT molecular complexity index is 1650. The quantitative estimate of drug-likeness (QED) is 0.451. The Morgan fingerprint density at radius 3 is 2.81 bits per heavy atom. The predicted octanol–water partition coefficient (Wildman–Crippen LogP) is 4.60. The summed E-state index contributed by atoms with van der Waals surface area (Å²) >= 11 is 1.13. The summed E-state index contributed by atoms with van der Waals surface area (Å²) in [6.45, 7) is 0. The summed E-state index contributed by atoms with van der Waals surface area (Å²) in [4.78, 5) is 30.2. The van der Waals surface area contributed by atoms with Gasteiger partial charge in [0.15, 0.2) is 5.75 Å². The van der Waals surface area contributed by atoms with E-state index in [0.29, 0.717) is 27.2 Å². The van der Waals surface area contributed by atoms with Crippen LogP contribution in [0.25, 0.3) is 43.0 Å². The van der Waals surface area contributed by atoms with Crippen molar-refractivity contribution in [3.63, 3.8) is 0 Å². The summed E-state index contributed by atoms with van der Waals surface area (Å²) in [7, 11) is 1.48. The SMILES string of the molecule is COc1c(-c2ccc3cnccc3c2)c(F)cc2c(=O)c3c(=O)[nH]sc3n(C3CC3)c12. The van der Waals surface area contributed by atoms with Gasteiger partial charge in [0.2, 0.25) is 5.43 Å². The lowest BCUT2D eigenvalue weighted by molar-refractivity contribution is 0.416. The van der Waals surface area contributed by atoms with Gasteiger partial charge in [0, 0.05) is 23.8 Å². The number of nitrogens with zero attached hydrogens (tertiary/aromatic N) is 2. The number of aromatic amines is 1. The molecule has 6 rings (SSSR count). The molecular weight excluding hydrogens is 417 g/mol. The van der Waals surface area contributed by atoms with E-state index in [-0.39, 0.29) is 16.8 Å². The molecule has 8 heteroatoms. The molecule has 1 aliphatic rings. The maximum absolute atomic E-state index is 15.5. The van der Waals surface area contributed by atoms with Crippen LogP contribution in [0.5, 0.6) is 5.75 Å². The summed E-state index contributed by atoms with van der Waals surface area (Å²) in [5, 5.41) is 2.11. The second-order valence-electron chi connectivity index (χ2n) is 7.74. The molecule has 1 N–H and O–H groups in total. The molecule has 1 fully saturated rings. The largest absolute Gasteiger partial charge is 0.494 e. The number of benzene rings is 2. The molecule has 6 nitrogen and oxygen atoms in total. The van der Waals surface area contributed by atoms with Crippen LogP contribution in [0.1, 0.15) is 18.9 Å². The Hall–Kier alpha value is -3.52. The fourth-order valence-corrected chi connectivity index (χ4v) is 5.23. The van der Waals surface area contributed by atoms with Crippen molar-refractivity contribution in [1.29, 1.82) is 0 Å². The standard InChI is InChI=1S/C23H16FN3O3S/c1-30-21-17(12-2-3-13-10-25-7-6-11(13)8-12)16(24)9-15-19(21)27(14-4-5-14)23-18(20(15)28)22(29)26-31-23/h2-3,6-10,14H,4-5H2,1H3,(H,26,29). The topological polar surface area (TPSA) is 77.0 Å². The zero-order valence-electron chi connectivity index (χ0n) is 16.4. The Morgan fingerprint density at radius 1 is 1.19 bits per heavy atom. The van der Waals surface area contributed by atoms with Gasteiger partial charge in [-0.15, -0.1) is 0 Å². The molecule has 0 aliphatic heterocycles. The molecule has 3 heterocycles. The number of ether oxygens (including phenoxy) is 1. The first-order chi connectivity index (χ1) is 15.1. The maximum Gasteiger partial charge on any atom is 0.271 e. The number of methoxy groups -OCH3 is 1. The minimum Gasteiger partial charge on any atom is -0.494 e. The van der Waals surface area contributed by atoms with Crippen LogP contribution >= 0.6 is 11.5 Å². The summed E-state index contributed by atoms with van der Waals surface area (Å²) in [5.74, 6) is -0.265. The number of hydrogen-bond acceptors (Lipinski definition) is 5. The normalized spacial score (nSPS) is 14.0. The third kappa shape index (κ3) is 2.58. The minimum absolute atomic E-state index is 0.0804. The number of nitrogens with one attached hydrogen (secondary N) is 1. The Labute approximate surface area is 178 Å². The first-order valence-electron chi connectivity index (χ1n) is 9.88. The van der Waals surface area contributed by atoms with Crippen LogP contribution in [0.4, 0.5) is 4.39 Å². The van der Waals surface area contributed by atoms with E-state index in [1.54, 1.807) is 12.4 Å². The molecule has 1 aliphatic carbocycles. The van der Waals surface area contributed by atoms with Crippen molar-refractivity contribution < 1.29 is 9.13 Å². The van der Waals surface area contributed by atoms with Gasteiger partial charge in [0.25, 0.3) is 5.56 Å². The molecule has 5 aromatic rings. The number of hydrogen-bond donors (Lipinski definition) is 1. The van der Waals surface area contributed by atoms with E-state index in [4.69, 9.17) is 4.74 Å². The van der Waals surface area contributed by atoms with Gasteiger partial charge in [0.05, 0.1) is 23.6 Å². The molecule has 31 heavy (non-hydrogen) atoms. The molecular formula is C23H16FN3O3S. The molecule has 3 aromatic heterocycles. The second-order valence-corrected chi connectivity index (χ2v) is 8.54. The van der Waals surface area contributed by atoms with E-state index < -0.39 is 16.8 Å². The monoisotopic (exact) mass is 433 g/mol. The van der Waals surface area contributed by atoms with Crippen LogP contribution < -0.4 is 15.7 Å². The molecule has 0 unspecified atom stereocenters. The van der Waals surface area contributed by atoms with E-state index in [2.05, 4.69) is 9.36 Å². The Balaban J connectivity index is 1.79. The fourth-order valence-electron chi connectivity index (χ4n) is 4.32. The predicted molar refractivity (Wildman–Crippen MR) is 120 cm³/mol. The molecule has 0 saturated heterocycles. The van der Waals surface area contributed by atoms with Gasteiger partial charge < -0.3 is 9.30 Å². The third-order valence-electron chi connectivity index (χ3n) is 5.87. The van der Waals surface area contributed by atoms with Crippen molar-refractivity contribution in [3.8, 4) is 16.9 Å². The minimum atomic E-state index is -0.566. The number of pyridine rings is 2. The van der Waals surface area contributed by atoms with Gasteiger partial charge >= 0.3 is 0 Å². The Morgan fingerprint density at radius 2 is 2.03 bits per heavy atom. The summed E-state index contributed by atoms with van der Waals surface area (Å²) in [6, 6.07) is 8.84. The number of rotatable bonds is 3. The lowest BCUT2D eigenvalue weighted by atomic mass is 9.98. The first-order valence-corrected chi connectivity index (χ1v) is 10.7. The number of halogens is 1. The molecule has 0 spiro atoms. The summed E-state index contributed by atoms with van der Waals surface area (Å²) < 4.78 is 25.9. The van der Waals surface area contributed by atoms with Crippen LogP contribution in [0, 0.1) is 5.82 Å². The molecule has 154 valence electrons. The molecule has 0 atom stereocenters. The van der Waals surface area contributed by atoms with Gasteiger partial charge in [-0.2, -0.15) is 0 Å². The van der Waals surface area contributed by atoms with Crippen molar-refractivity contribution in [1.82, 2.24) is 13.9 Å². The van der Waals surface area contributed by atoms with Crippen molar-refractivity contribution >= 4 is 43.4 Å². The molecule has 0 bridgehead atoms. The Kier molecular flexibility index (Phi) is 3.82. The number of H-pyrrole nitrogens is 1. The van der Waals surface area contributed by atoms with Crippen molar-refractivity contribution in [2.45, 2.75) is 18.9 Å². The maximum atomic E-state index is 15.5. The molecule has 0 amide bonds. The van der Waals surface area contributed by atoms with Crippen molar-refractivity contribution in [3.05, 3.63) is 69.1 Å². The summed E-state index contributed by atoms with van der Waals surface area (Å²) in [5.41, 5.74) is 0.562. The highest BCUT2D eigenvalue weighted by Crippen LogP contribution is 2.45. The first kappa shape index (κ1) is 18.3. The van der Waals surface area contributed by atoms with Crippen LogP contribution in [0.15, 0.2) is 52.3 Å². The highest BCUT2D eigenvalue weighted by atomic mass is 32.1. The lowest BCUT2D eigenvalue weighted by Gasteiger charge is -2.18. The van der Waals surface area contributed by atoms with E-state index in [0.717, 1.165) is 35.1 Å². The van der Waals surface area contributed by atoms with E-state index in [1.165, 1.54) is 13.2 Å². The van der Waals surface area contributed by atoms with Crippen LogP contribution in [-0.2, 0) is 0 Å². The number of fused-ring (bicyclic) bond motifs is 3. The molecule has 0 radical (unpaired) electrons. The smallest absolute Gasteiger partial charge is 0.271 e.